The molecule has 2 N–H and O–H groups in total. The van der Waals surface area contributed by atoms with E-state index < -0.39 is 5.97 Å². The van der Waals surface area contributed by atoms with Gasteiger partial charge in [0.15, 0.2) is 6.61 Å². The topological polar surface area (TPSA) is 70.9 Å². The summed E-state index contributed by atoms with van der Waals surface area (Å²) >= 11 is 17.9. The van der Waals surface area contributed by atoms with E-state index in [0.717, 1.165) is 5.56 Å². The van der Waals surface area contributed by atoms with Crippen LogP contribution in [0.3, 0.4) is 0 Å². The molecule has 0 fully saturated rings. The minimum Gasteiger partial charge on any atom is -0.482 e. The molecule has 0 radical (unpaired) electrons. The number of nitrogens with one attached hydrogen (secondary N) is 1. The highest BCUT2D eigenvalue weighted by Gasteiger charge is 2.06. The van der Waals surface area contributed by atoms with Crippen molar-refractivity contribution in [1.29, 1.82) is 0 Å². The van der Waals surface area contributed by atoms with Crippen LogP contribution in [0.1, 0.15) is 5.56 Å². The standard InChI is InChI=1S/C15H11Cl3N2O3/c16-10-5-12(17)15(13(18)6-10)20-19-7-9-1-3-11(4-2-9)23-8-14(21)22/h1-7,20H,8H2,(H,21,22)/b19-7-. The molecular weight excluding hydrogens is 363 g/mol. The smallest absolute Gasteiger partial charge is 0.341 e. The molecule has 0 aliphatic rings. The van der Waals surface area contributed by atoms with E-state index in [1.54, 1.807) is 42.6 Å². The minimum absolute atomic E-state index is 0.358. The number of nitrogens with zero attached hydrogens (tertiary/aromatic N) is 1. The molecule has 0 unspecified atom stereocenters. The third-order valence-electron chi connectivity index (χ3n) is 2.64. The molecule has 0 aromatic heterocycles. The molecule has 8 heteroatoms. The number of anilines is 1. The first-order chi connectivity index (χ1) is 11.0. The molecule has 23 heavy (non-hydrogen) atoms. The number of hydrazone groups is 1. The fourth-order valence-electron chi connectivity index (χ4n) is 1.62. The molecular formula is C15H11Cl3N2O3. The molecule has 2 aromatic rings. The second-order valence-electron chi connectivity index (χ2n) is 4.37. The molecule has 2 aromatic carbocycles. The Bertz CT molecular complexity index is 710. The lowest BCUT2D eigenvalue weighted by Crippen LogP contribution is -2.09. The molecule has 0 aliphatic carbocycles. The lowest BCUT2D eigenvalue weighted by atomic mass is 10.2. The number of ether oxygens (including phenoxy) is 1. The molecule has 0 amide bonds. The molecule has 0 saturated carbocycles. The van der Waals surface area contributed by atoms with Gasteiger partial charge in [-0.05, 0) is 42.0 Å². The van der Waals surface area contributed by atoms with Crippen LogP contribution in [0.25, 0.3) is 0 Å². The van der Waals surface area contributed by atoms with E-state index in [2.05, 4.69) is 10.5 Å². The van der Waals surface area contributed by atoms with Crippen molar-refractivity contribution in [2.24, 2.45) is 5.10 Å². The average Bonchev–Trinajstić information content (AvgIpc) is 2.49. The first kappa shape index (κ1) is 17.4. The summed E-state index contributed by atoms with van der Waals surface area (Å²) < 4.78 is 5.03. The van der Waals surface area contributed by atoms with Gasteiger partial charge < -0.3 is 9.84 Å². The van der Waals surface area contributed by atoms with Gasteiger partial charge in [-0.25, -0.2) is 4.79 Å². The van der Waals surface area contributed by atoms with Crippen molar-refractivity contribution in [2.75, 3.05) is 12.0 Å². The van der Waals surface area contributed by atoms with E-state index in [-0.39, 0.29) is 6.61 Å². The van der Waals surface area contributed by atoms with Gasteiger partial charge in [0.1, 0.15) is 5.75 Å². The SMILES string of the molecule is O=C(O)COc1ccc(/C=N\Nc2c(Cl)cc(Cl)cc2Cl)cc1. The summed E-state index contributed by atoms with van der Waals surface area (Å²) in [5.74, 6) is -0.571. The monoisotopic (exact) mass is 372 g/mol. The molecule has 2 rings (SSSR count). The van der Waals surface area contributed by atoms with Gasteiger partial charge in [0.05, 0.1) is 21.9 Å². The van der Waals surface area contributed by atoms with E-state index in [0.29, 0.717) is 26.5 Å². The van der Waals surface area contributed by atoms with Crippen LogP contribution >= 0.6 is 34.8 Å². The van der Waals surface area contributed by atoms with E-state index in [1.165, 1.54) is 0 Å². The minimum atomic E-state index is -1.03. The second kappa shape index (κ2) is 8.06. The number of carbonyl (C=O) groups is 1. The first-order valence-electron chi connectivity index (χ1n) is 6.34. The van der Waals surface area contributed by atoms with Crippen LogP contribution in [-0.4, -0.2) is 23.9 Å². The predicted molar refractivity (Wildman–Crippen MR) is 92.3 cm³/mol. The maximum atomic E-state index is 10.4. The summed E-state index contributed by atoms with van der Waals surface area (Å²) in [6.07, 6.45) is 1.56. The van der Waals surface area contributed by atoms with Crippen molar-refractivity contribution in [2.45, 2.75) is 0 Å². The number of carboxylic acid groups (broad SMARTS) is 1. The largest absolute Gasteiger partial charge is 0.482 e. The molecule has 0 saturated heterocycles. The summed E-state index contributed by atoms with van der Waals surface area (Å²) in [7, 11) is 0. The van der Waals surface area contributed by atoms with Crippen LogP contribution in [0.5, 0.6) is 5.75 Å². The van der Waals surface area contributed by atoms with Crippen molar-refractivity contribution in [1.82, 2.24) is 0 Å². The number of halogens is 3. The van der Waals surface area contributed by atoms with Crippen LogP contribution in [-0.2, 0) is 4.79 Å². The van der Waals surface area contributed by atoms with Gasteiger partial charge >= 0.3 is 5.97 Å². The van der Waals surface area contributed by atoms with Gasteiger partial charge in [0.25, 0.3) is 0 Å². The molecule has 0 bridgehead atoms. The summed E-state index contributed by atoms with van der Waals surface area (Å²) in [6, 6.07) is 9.86. The van der Waals surface area contributed by atoms with Crippen molar-refractivity contribution >= 4 is 52.7 Å². The highest BCUT2D eigenvalue weighted by molar-refractivity contribution is 6.41. The maximum absolute atomic E-state index is 10.4. The zero-order valence-electron chi connectivity index (χ0n) is 11.6. The Labute approximate surface area is 147 Å². The number of rotatable bonds is 6. The highest BCUT2D eigenvalue weighted by atomic mass is 35.5. The maximum Gasteiger partial charge on any atom is 0.341 e. The number of aliphatic carboxylic acids is 1. The number of benzene rings is 2. The Kier molecular flexibility index (Phi) is 6.10. The highest BCUT2D eigenvalue weighted by Crippen LogP contribution is 2.33. The quantitative estimate of drug-likeness (QED) is 0.575. The van der Waals surface area contributed by atoms with E-state index in [9.17, 15) is 4.79 Å². The molecule has 5 nitrogen and oxygen atoms in total. The molecule has 0 aliphatic heterocycles. The third-order valence-corrected chi connectivity index (χ3v) is 3.45. The number of hydrogen-bond donors (Lipinski definition) is 2. The third kappa shape index (κ3) is 5.32. The normalized spacial score (nSPS) is 10.7. The molecule has 0 heterocycles. The van der Waals surface area contributed by atoms with Crippen LogP contribution < -0.4 is 10.2 Å². The summed E-state index contributed by atoms with van der Waals surface area (Å²) in [5, 5.41) is 13.7. The Morgan fingerprint density at radius 1 is 1.17 bits per heavy atom. The Hall–Kier alpha value is -1.95. The van der Waals surface area contributed by atoms with Crippen molar-refractivity contribution in [3.8, 4) is 5.75 Å². The van der Waals surface area contributed by atoms with Gasteiger partial charge in [0, 0.05) is 5.02 Å². The zero-order chi connectivity index (χ0) is 16.8. The molecule has 0 spiro atoms. The fraction of sp³-hybridized carbons (Fsp3) is 0.0667. The Balaban J connectivity index is 2.00. The summed E-state index contributed by atoms with van der Waals surface area (Å²) in [4.78, 5) is 10.4. The van der Waals surface area contributed by atoms with Crippen LogP contribution in [0.4, 0.5) is 5.69 Å². The van der Waals surface area contributed by atoms with Gasteiger partial charge in [-0.2, -0.15) is 5.10 Å². The van der Waals surface area contributed by atoms with Gasteiger partial charge in [-0.15, -0.1) is 0 Å². The number of hydrogen-bond acceptors (Lipinski definition) is 4. The van der Waals surface area contributed by atoms with Crippen LogP contribution in [0.15, 0.2) is 41.5 Å². The Morgan fingerprint density at radius 3 is 2.35 bits per heavy atom. The lowest BCUT2D eigenvalue weighted by Gasteiger charge is -2.06. The Morgan fingerprint density at radius 2 is 1.78 bits per heavy atom. The van der Waals surface area contributed by atoms with Crippen molar-refractivity contribution in [3.05, 3.63) is 57.0 Å². The van der Waals surface area contributed by atoms with Gasteiger partial charge in [-0.1, -0.05) is 34.8 Å². The lowest BCUT2D eigenvalue weighted by molar-refractivity contribution is -0.139. The first-order valence-corrected chi connectivity index (χ1v) is 7.47. The predicted octanol–water partition coefficient (Wildman–Crippen LogP) is 4.56. The molecule has 120 valence electrons. The van der Waals surface area contributed by atoms with Gasteiger partial charge in [-0.3, -0.25) is 5.43 Å². The van der Waals surface area contributed by atoms with Crippen molar-refractivity contribution in [3.63, 3.8) is 0 Å². The van der Waals surface area contributed by atoms with E-state index in [1.807, 2.05) is 0 Å². The van der Waals surface area contributed by atoms with E-state index in [4.69, 9.17) is 44.6 Å². The second-order valence-corrected chi connectivity index (χ2v) is 5.62. The van der Waals surface area contributed by atoms with Crippen LogP contribution in [0.2, 0.25) is 15.1 Å². The molecule has 0 atom stereocenters. The fourth-order valence-corrected chi connectivity index (χ4v) is 2.52. The van der Waals surface area contributed by atoms with E-state index >= 15 is 0 Å². The summed E-state index contributed by atoms with van der Waals surface area (Å²) in [5.41, 5.74) is 3.98. The van der Waals surface area contributed by atoms with Crippen molar-refractivity contribution < 1.29 is 14.6 Å². The van der Waals surface area contributed by atoms with Crippen LogP contribution in [0, 0.1) is 0 Å². The number of carboxylic acids is 1. The summed E-state index contributed by atoms with van der Waals surface area (Å²) in [6.45, 7) is -0.386. The zero-order valence-corrected chi connectivity index (χ0v) is 13.9. The van der Waals surface area contributed by atoms with Gasteiger partial charge in [0.2, 0.25) is 0 Å². The average molecular weight is 374 g/mol.